The van der Waals surface area contributed by atoms with Gasteiger partial charge in [0.1, 0.15) is 0 Å². The summed E-state index contributed by atoms with van der Waals surface area (Å²) in [5.74, 6) is -0.806. The number of fused-ring (bicyclic) bond motifs is 1. The first-order valence-corrected chi connectivity index (χ1v) is 5.01. The Morgan fingerprint density at radius 3 is 3.00 bits per heavy atom. The second kappa shape index (κ2) is 3.75. The lowest BCUT2D eigenvalue weighted by atomic mass is 10.0. The summed E-state index contributed by atoms with van der Waals surface area (Å²) in [4.78, 5) is 11.7. The summed E-state index contributed by atoms with van der Waals surface area (Å²) in [5.41, 5.74) is 1.84. The van der Waals surface area contributed by atoms with Crippen LogP contribution in [0.4, 0.5) is 0 Å². The molecule has 0 aromatic heterocycles. The smallest absolute Gasteiger partial charge is 0.307 e. The molecule has 0 radical (unpaired) electrons. The van der Waals surface area contributed by atoms with Gasteiger partial charge in [-0.1, -0.05) is 18.2 Å². The first-order valence-electron chi connectivity index (χ1n) is 4.20. The molecule has 2 N–H and O–H groups in total. The van der Waals surface area contributed by atoms with Crippen LogP contribution in [-0.4, -0.2) is 11.1 Å². The Morgan fingerprint density at radius 2 is 2.21 bits per heavy atom. The molecule has 0 bridgehead atoms. The third kappa shape index (κ3) is 1.75. The second-order valence-electron chi connectivity index (χ2n) is 2.96. The SMILES string of the molecule is O=C(O)CC1=CNSc2ccccc21. The van der Waals surface area contributed by atoms with Crippen LogP contribution in [0.15, 0.2) is 35.4 Å². The number of rotatable bonds is 2. The first kappa shape index (κ1) is 9.15. The topological polar surface area (TPSA) is 49.3 Å². The van der Waals surface area contributed by atoms with E-state index in [2.05, 4.69) is 4.72 Å². The average molecular weight is 207 g/mol. The molecule has 14 heavy (non-hydrogen) atoms. The predicted octanol–water partition coefficient (Wildman–Crippen LogP) is 2.11. The molecule has 1 aromatic carbocycles. The lowest BCUT2D eigenvalue weighted by molar-refractivity contribution is -0.135. The first-order chi connectivity index (χ1) is 6.77. The number of hydrogen-bond donors (Lipinski definition) is 2. The standard InChI is InChI=1S/C10H9NO2S/c12-10(13)5-7-6-11-14-9-4-2-1-3-8(7)9/h1-4,6,11H,5H2,(H,12,13). The van der Waals surface area contributed by atoms with Gasteiger partial charge in [-0.05, 0) is 29.2 Å². The van der Waals surface area contributed by atoms with Crippen LogP contribution in [0.1, 0.15) is 12.0 Å². The number of benzene rings is 1. The van der Waals surface area contributed by atoms with Gasteiger partial charge in [0, 0.05) is 11.1 Å². The van der Waals surface area contributed by atoms with Crippen LogP contribution >= 0.6 is 11.9 Å². The Hall–Kier alpha value is -1.42. The molecule has 2 rings (SSSR count). The van der Waals surface area contributed by atoms with E-state index in [0.29, 0.717) is 0 Å². The molecule has 0 saturated carbocycles. The Kier molecular flexibility index (Phi) is 2.45. The van der Waals surface area contributed by atoms with E-state index < -0.39 is 5.97 Å². The van der Waals surface area contributed by atoms with Gasteiger partial charge in [-0.15, -0.1) is 0 Å². The fourth-order valence-corrected chi connectivity index (χ4v) is 2.16. The third-order valence-corrected chi connectivity index (χ3v) is 2.79. The van der Waals surface area contributed by atoms with E-state index in [9.17, 15) is 4.79 Å². The lowest BCUT2D eigenvalue weighted by Gasteiger charge is -2.16. The summed E-state index contributed by atoms with van der Waals surface area (Å²) in [6, 6.07) is 7.78. The summed E-state index contributed by atoms with van der Waals surface area (Å²) in [6.07, 6.45) is 1.81. The molecular weight excluding hydrogens is 198 g/mol. The fourth-order valence-electron chi connectivity index (χ4n) is 1.37. The van der Waals surface area contributed by atoms with Crippen LogP contribution in [0.2, 0.25) is 0 Å². The number of carboxylic acid groups (broad SMARTS) is 1. The summed E-state index contributed by atoms with van der Waals surface area (Å²) in [7, 11) is 0. The molecule has 4 heteroatoms. The van der Waals surface area contributed by atoms with Gasteiger partial charge in [0.25, 0.3) is 0 Å². The normalized spacial score (nSPS) is 13.9. The van der Waals surface area contributed by atoms with E-state index in [-0.39, 0.29) is 6.42 Å². The molecule has 0 aliphatic carbocycles. The van der Waals surface area contributed by atoms with Crippen molar-refractivity contribution in [1.29, 1.82) is 0 Å². The quantitative estimate of drug-likeness (QED) is 0.729. The van der Waals surface area contributed by atoms with Gasteiger partial charge in [-0.2, -0.15) is 0 Å². The van der Waals surface area contributed by atoms with Crippen molar-refractivity contribution >= 4 is 23.5 Å². The van der Waals surface area contributed by atoms with Crippen molar-refractivity contribution in [3.05, 3.63) is 36.0 Å². The number of hydrogen-bond acceptors (Lipinski definition) is 3. The zero-order valence-corrected chi connectivity index (χ0v) is 8.17. The van der Waals surface area contributed by atoms with Crippen LogP contribution in [0.3, 0.4) is 0 Å². The van der Waals surface area contributed by atoms with E-state index in [4.69, 9.17) is 5.11 Å². The zero-order valence-electron chi connectivity index (χ0n) is 7.36. The molecule has 1 aliphatic heterocycles. The van der Waals surface area contributed by atoms with Crippen molar-refractivity contribution in [3.8, 4) is 0 Å². The van der Waals surface area contributed by atoms with Crippen LogP contribution in [-0.2, 0) is 4.79 Å². The molecule has 0 spiro atoms. The van der Waals surface area contributed by atoms with Crippen molar-refractivity contribution in [1.82, 2.24) is 4.72 Å². The summed E-state index contributed by atoms with van der Waals surface area (Å²) < 4.78 is 2.99. The Balaban J connectivity index is 2.35. The van der Waals surface area contributed by atoms with Crippen molar-refractivity contribution in [2.24, 2.45) is 0 Å². The van der Waals surface area contributed by atoms with Gasteiger partial charge in [0.2, 0.25) is 0 Å². The molecule has 3 nitrogen and oxygen atoms in total. The lowest BCUT2D eigenvalue weighted by Crippen LogP contribution is -2.06. The van der Waals surface area contributed by atoms with E-state index in [1.54, 1.807) is 6.20 Å². The fraction of sp³-hybridized carbons (Fsp3) is 0.100. The van der Waals surface area contributed by atoms with Gasteiger partial charge >= 0.3 is 5.97 Å². The third-order valence-electron chi connectivity index (χ3n) is 1.98. The van der Waals surface area contributed by atoms with Crippen molar-refractivity contribution in [2.45, 2.75) is 11.3 Å². The molecule has 1 heterocycles. The minimum atomic E-state index is -0.806. The second-order valence-corrected chi connectivity index (χ2v) is 3.84. The van der Waals surface area contributed by atoms with E-state index >= 15 is 0 Å². The molecule has 0 saturated heterocycles. The van der Waals surface area contributed by atoms with Gasteiger partial charge in [0.15, 0.2) is 0 Å². The highest BCUT2D eigenvalue weighted by molar-refractivity contribution is 7.97. The maximum Gasteiger partial charge on any atom is 0.307 e. The molecule has 72 valence electrons. The van der Waals surface area contributed by atoms with Gasteiger partial charge < -0.3 is 9.83 Å². The zero-order chi connectivity index (χ0) is 9.97. The molecule has 1 aromatic rings. The molecule has 0 atom stereocenters. The highest BCUT2D eigenvalue weighted by atomic mass is 32.2. The van der Waals surface area contributed by atoms with Crippen LogP contribution < -0.4 is 4.72 Å². The van der Waals surface area contributed by atoms with Crippen molar-refractivity contribution < 1.29 is 9.90 Å². The average Bonchev–Trinajstić information content (AvgIpc) is 2.18. The molecule has 0 amide bonds. The highest BCUT2D eigenvalue weighted by Gasteiger charge is 2.14. The number of aliphatic carboxylic acids is 1. The van der Waals surface area contributed by atoms with Crippen molar-refractivity contribution in [2.75, 3.05) is 0 Å². The molecule has 0 unspecified atom stereocenters. The minimum Gasteiger partial charge on any atom is -0.481 e. The summed E-state index contributed by atoms with van der Waals surface area (Å²) >= 11 is 1.50. The Labute approximate surface area is 86.0 Å². The highest BCUT2D eigenvalue weighted by Crippen LogP contribution is 2.31. The Bertz CT molecular complexity index is 401. The summed E-state index contributed by atoms with van der Waals surface area (Å²) in [5, 5.41) is 8.72. The van der Waals surface area contributed by atoms with Gasteiger partial charge in [-0.25, -0.2) is 0 Å². The predicted molar refractivity (Wildman–Crippen MR) is 55.7 cm³/mol. The van der Waals surface area contributed by atoms with Crippen molar-refractivity contribution in [3.63, 3.8) is 0 Å². The largest absolute Gasteiger partial charge is 0.481 e. The minimum absolute atomic E-state index is 0.0601. The monoisotopic (exact) mass is 207 g/mol. The van der Waals surface area contributed by atoms with Crippen LogP contribution in [0.25, 0.3) is 5.57 Å². The molecule has 1 aliphatic rings. The van der Waals surface area contributed by atoms with Crippen LogP contribution in [0.5, 0.6) is 0 Å². The maximum atomic E-state index is 10.6. The maximum absolute atomic E-state index is 10.6. The summed E-state index contributed by atoms with van der Waals surface area (Å²) in [6.45, 7) is 0. The van der Waals surface area contributed by atoms with Gasteiger partial charge in [0.05, 0.1) is 6.42 Å². The van der Waals surface area contributed by atoms with E-state index in [0.717, 1.165) is 16.0 Å². The molecule has 0 fully saturated rings. The van der Waals surface area contributed by atoms with E-state index in [1.807, 2.05) is 24.3 Å². The Morgan fingerprint density at radius 1 is 1.43 bits per heavy atom. The number of nitrogens with one attached hydrogen (secondary N) is 1. The number of carboxylic acids is 1. The number of carbonyl (C=O) groups is 1. The molecular formula is C10H9NO2S. The van der Waals surface area contributed by atoms with Gasteiger partial charge in [-0.3, -0.25) is 4.79 Å². The van der Waals surface area contributed by atoms with E-state index in [1.165, 1.54) is 11.9 Å². The van der Waals surface area contributed by atoms with Crippen LogP contribution in [0, 0.1) is 0 Å².